The van der Waals surface area contributed by atoms with Gasteiger partial charge in [0, 0.05) is 37.9 Å². The molecule has 0 radical (unpaired) electrons. The van der Waals surface area contributed by atoms with Gasteiger partial charge in [-0.2, -0.15) is 0 Å². The third kappa shape index (κ3) is 5.55. The monoisotopic (exact) mass is 496 g/mol. The molecular formula is C25H28N4O5S. The van der Waals surface area contributed by atoms with E-state index in [0.717, 1.165) is 30.4 Å². The van der Waals surface area contributed by atoms with Crippen molar-refractivity contribution in [3.8, 4) is 0 Å². The van der Waals surface area contributed by atoms with Crippen molar-refractivity contribution in [1.82, 2.24) is 0 Å². The fourth-order valence-electron chi connectivity index (χ4n) is 4.03. The molecule has 9 nitrogen and oxygen atoms in total. The zero-order valence-corrected chi connectivity index (χ0v) is 20.3. The normalized spacial score (nSPS) is 13.9. The molecule has 4 rings (SSSR count). The van der Waals surface area contributed by atoms with Crippen molar-refractivity contribution in [3.63, 3.8) is 0 Å². The summed E-state index contributed by atoms with van der Waals surface area (Å²) in [5, 5.41) is 14.9. The van der Waals surface area contributed by atoms with Crippen molar-refractivity contribution >= 4 is 32.8 Å². The molecule has 1 heterocycles. The van der Waals surface area contributed by atoms with Crippen molar-refractivity contribution in [2.45, 2.75) is 18.4 Å². The summed E-state index contributed by atoms with van der Waals surface area (Å²) in [6.45, 7) is 5.39. The molecule has 10 heteroatoms. The number of nitrogens with zero attached hydrogens (tertiary/aromatic N) is 3. The molecule has 0 atom stereocenters. The van der Waals surface area contributed by atoms with Crippen molar-refractivity contribution in [2.75, 3.05) is 47.4 Å². The van der Waals surface area contributed by atoms with Crippen LogP contribution in [0.2, 0.25) is 0 Å². The van der Waals surface area contributed by atoms with Gasteiger partial charge in [-0.15, -0.1) is 0 Å². The van der Waals surface area contributed by atoms with Gasteiger partial charge in [0.05, 0.1) is 28.7 Å². The van der Waals surface area contributed by atoms with Crippen LogP contribution in [0, 0.1) is 10.1 Å². The molecule has 1 N–H and O–H groups in total. The minimum absolute atomic E-state index is 0.129. The molecule has 1 aliphatic heterocycles. The number of nitrogens with one attached hydrogen (secondary N) is 1. The van der Waals surface area contributed by atoms with Crippen LogP contribution < -0.4 is 14.5 Å². The summed E-state index contributed by atoms with van der Waals surface area (Å²) in [6.07, 6.45) is 0. The van der Waals surface area contributed by atoms with Gasteiger partial charge in [-0.1, -0.05) is 30.3 Å². The summed E-state index contributed by atoms with van der Waals surface area (Å²) in [5.41, 5.74) is 2.53. The Bertz CT molecular complexity index is 1260. The number of anilines is 3. The van der Waals surface area contributed by atoms with Crippen LogP contribution >= 0.6 is 0 Å². The third-order valence-electron chi connectivity index (χ3n) is 5.88. The predicted molar refractivity (Wildman–Crippen MR) is 137 cm³/mol. The second-order valence-electron chi connectivity index (χ2n) is 8.06. The number of hydrogen-bond acceptors (Lipinski definition) is 7. The van der Waals surface area contributed by atoms with E-state index in [1.807, 2.05) is 24.3 Å². The molecule has 0 spiro atoms. The highest BCUT2D eigenvalue weighted by Crippen LogP contribution is 2.31. The van der Waals surface area contributed by atoms with Crippen molar-refractivity contribution in [3.05, 3.63) is 88.5 Å². The van der Waals surface area contributed by atoms with E-state index < -0.39 is 14.9 Å². The van der Waals surface area contributed by atoms with Crippen LogP contribution in [-0.4, -0.2) is 46.2 Å². The highest BCUT2D eigenvalue weighted by Gasteiger charge is 2.27. The van der Waals surface area contributed by atoms with Gasteiger partial charge in [-0.3, -0.25) is 14.4 Å². The van der Waals surface area contributed by atoms with Gasteiger partial charge >= 0.3 is 0 Å². The van der Waals surface area contributed by atoms with E-state index in [9.17, 15) is 18.5 Å². The van der Waals surface area contributed by atoms with Gasteiger partial charge in [-0.05, 0) is 48.9 Å². The Morgan fingerprint density at radius 2 is 1.71 bits per heavy atom. The fraction of sp³-hybridized carbons (Fsp3) is 0.280. The van der Waals surface area contributed by atoms with Gasteiger partial charge in [0.2, 0.25) is 0 Å². The number of sulfonamides is 1. The van der Waals surface area contributed by atoms with Crippen LogP contribution in [0.25, 0.3) is 0 Å². The van der Waals surface area contributed by atoms with E-state index >= 15 is 0 Å². The minimum atomic E-state index is -3.97. The summed E-state index contributed by atoms with van der Waals surface area (Å²) < 4.78 is 33.1. The SMILES string of the molecule is CCN(c1ccccc1)S(=O)(=O)c1ccc(NCc2ccc(N3CCOCC3)cc2)c([N+](=O)[O-])c1. The molecule has 0 bridgehead atoms. The van der Waals surface area contributed by atoms with Gasteiger partial charge in [0.15, 0.2) is 0 Å². The second-order valence-corrected chi connectivity index (χ2v) is 9.92. The third-order valence-corrected chi connectivity index (χ3v) is 7.78. The molecule has 0 aliphatic carbocycles. The first kappa shape index (κ1) is 24.5. The maximum absolute atomic E-state index is 13.3. The lowest BCUT2D eigenvalue weighted by atomic mass is 10.1. The number of rotatable bonds is 9. The molecule has 0 aromatic heterocycles. The number of para-hydroxylation sites is 1. The summed E-state index contributed by atoms with van der Waals surface area (Å²) in [5.74, 6) is 0. The Hall–Kier alpha value is -3.63. The van der Waals surface area contributed by atoms with Crippen LogP contribution in [0.3, 0.4) is 0 Å². The van der Waals surface area contributed by atoms with Crippen LogP contribution in [0.4, 0.5) is 22.7 Å². The topological polar surface area (TPSA) is 105 Å². The molecule has 184 valence electrons. The number of nitro benzene ring substituents is 1. The first-order valence-electron chi connectivity index (χ1n) is 11.4. The van der Waals surface area contributed by atoms with E-state index in [-0.39, 0.29) is 22.8 Å². The largest absolute Gasteiger partial charge is 0.378 e. The molecule has 0 unspecified atom stereocenters. The predicted octanol–water partition coefficient (Wildman–Crippen LogP) is 4.26. The second kappa shape index (κ2) is 10.7. The van der Waals surface area contributed by atoms with E-state index in [0.29, 0.717) is 25.4 Å². The Balaban J connectivity index is 1.52. The summed E-state index contributed by atoms with van der Waals surface area (Å²) in [7, 11) is -3.97. The minimum Gasteiger partial charge on any atom is -0.378 e. The van der Waals surface area contributed by atoms with Crippen molar-refractivity contribution < 1.29 is 18.1 Å². The summed E-state index contributed by atoms with van der Waals surface area (Å²) >= 11 is 0. The highest BCUT2D eigenvalue weighted by atomic mass is 32.2. The van der Waals surface area contributed by atoms with Gasteiger partial charge in [-0.25, -0.2) is 8.42 Å². The Kier molecular flexibility index (Phi) is 7.52. The summed E-state index contributed by atoms with van der Waals surface area (Å²) in [6, 6.07) is 20.6. The molecule has 1 aliphatic rings. The molecule has 1 fully saturated rings. The van der Waals surface area contributed by atoms with Crippen molar-refractivity contribution in [2.24, 2.45) is 0 Å². The molecule has 0 saturated carbocycles. The molecule has 3 aromatic carbocycles. The molecule has 0 amide bonds. The number of morpholine rings is 1. The highest BCUT2D eigenvalue weighted by molar-refractivity contribution is 7.92. The molecule has 3 aromatic rings. The lowest BCUT2D eigenvalue weighted by Gasteiger charge is -2.28. The van der Waals surface area contributed by atoms with Crippen LogP contribution in [0.1, 0.15) is 12.5 Å². The smallest absolute Gasteiger partial charge is 0.293 e. The van der Waals surface area contributed by atoms with Gasteiger partial charge in [0.25, 0.3) is 15.7 Å². The average molecular weight is 497 g/mol. The number of ether oxygens (including phenoxy) is 1. The van der Waals surface area contributed by atoms with Crippen LogP contribution in [-0.2, 0) is 21.3 Å². The Morgan fingerprint density at radius 3 is 2.34 bits per heavy atom. The molecule has 1 saturated heterocycles. The lowest BCUT2D eigenvalue weighted by Crippen LogP contribution is -2.36. The van der Waals surface area contributed by atoms with Crippen LogP contribution in [0.15, 0.2) is 77.7 Å². The quantitative estimate of drug-likeness (QED) is 0.349. The zero-order chi connectivity index (χ0) is 24.8. The van der Waals surface area contributed by atoms with E-state index in [4.69, 9.17) is 4.74 Å². The molecular weight excluding hydrogens is 468 g/mol. The maximum Gasteiger partial charge on any atom is 0.293 e. The zero-order valence-electron chi connectivity index (χ0n) is 19.5. The first-order valence-corrected chi connectivity index (χ1v) is 12.9. The molecule has 35 heavy (non-hydrogen) atoms. The van der Waals surface area contributed by atoms with Crippen molar-refractivity contribution in [1.29, 1.82) is 0 Å². The Labute approximate surface area is 205 Å². The summed E-state index contributed by atoms with van der Waals surface area (Å²) in [4.78, 5) is 13.3. The van der Waals surface area contributed by atoms with E-state index in [1.54, 1.807) is 37.3 Å². The average Bonchev–Trinajstić information content (AvgIpc) is 2.89. The van der Waals surface area contributed by atoms with E-state index in [1.165, 1.54) is 16.4 Å². The van der Waals surface area contributed by atoms with Crippen LogP contribution in [0.5, 0.6) is 0 Å². The van der Waals surface area contributed by atoms with Gasteiger partial charge in [0.1, 0.15) is 5.69 Å². The van der Waals surface area contributed by atoms with E-state index in [2.05, 4.69) is 10.2 Å². The first-order chi connectivity index (χ1) is 16.9. The van der Waals surface area contributed by atoms with Gasteiger partial charge < -0.3 is 15.0 Å². The lowest BCUT2D eigenvalue weighted by molar-refractivity contribution is -0.384. The maximum atomic E-state index is 13.3. The Morgan fingerprint density at radius 1 is 1.03 bits per heavy atom. The number of benzene rings is 3. The number of hydrogen-bond donors (Lipinski definition) is 1. The standard InChI is InChI=1S/C25H28N4O5S/c1-2-28(22-6-4-3-5-7-22)35(32,33)23-12-13-24(25(18-23)29(30)31)26-19-20-8-10-21(11-9-20)27-14-16-34-17-15-27/h3-13,18,26H,2,14-17,19H2,1H3. The fourth-order valence-corrected chi connectivity index (χ4v) is 5.52. The number of nitro groups is 1.